The minimum Gasteiger partial charge on any atom is -0.495 e. The highest BCUT2D eigenvalue weighted by atomic mass is 35.5. The molecule has 136 valence electrons. The summed E-state index contributed by atoms with van der Waals surface area (Å²) < 4.78 is 5.21. The van der Waals surface area contributed by atoms with Crippen molar-refractivity contribution in [1.82, 2.24) is 4.90 Å². The van der Waals surface area contributed by atoms with Crippen LogP contribution in [0, 0.1) is 0 Å². The number of oxime groups is 1. The number of likely N-dealkylation sites (N-methyl/N-ethyl adjacent to an activating group) is 1. The van der Waals surface area contributed by atoms with Crippen molar-refractivity contribution in [2.24, 2.45) is 5.16 Å². The summed E-state index contributed by atoms with van der Waals surface area (Å²) >= 11 is 14.3. The first-order chi connectivity index (χ1) is 12.1. The number of hydrogen-bond donors (Lipinski definition) is 0. The second-order valence-corrected chi connectivity index (χ2v) is 6.92. The first kappa shape index (κ1) is 20.0. The monoisotopic (exact) mass is 400 g/mol. The predicted molar refractivity (Wildman–Crippen MR) is 107 cm³/mol. The number of thiophene rings is 1. The lowest BCUT2D eigenvalue weighted by Gasteiger charge is -2.17. The number of rotatable bonds is 9. The van der Waals surface area contributed by atoms with Crippen molar-refractivity contribution in [2.75, 3.05) is 33.4 Å². The van der Waals surface area contributed by atoms with Crippen LogP contribution < -0.4 is 4.74 Å². The van der Waals surface area contributed by atoms with Crippen LogP contribution in [0.25, 0.3) is 0 Å². The van der Waals surface area contributed by atoms with Crippen LogP contribution in [0.4, 0.5) is 0 Å². The molecule has 1 aromatic carbocycles. The quantitative estimate of drug-likeness (QED) is 0.330. The van der Waals surface area contributed by atoms with E-state index in [0.29, 0.717) is 28.1 Å². The molecule has 0 radical (unpaired) electrons. The Labute approximate surface area is 162 Å². The normalized spacial score (nSPS) is 11.8. The van der Waals surface area contributed by atoms with Gasteiger partial charge in [-0.2, -0.15) is 0 Å². The molecule has 0 aliphatic rings. The first-order valence-electron chi connectivity index (χ1n) is 8.10. The number of hydrogen-bond acceptors (Lipinski definition) is 5. The van der Waals surface area contributed by atoms with Gasteiger partial charge in [-0.25, -0.2) is 0 Å². The number of ether oxygens (including phenoxy) is 1. The van der Waals surface area contributed by atoms with Gasteiger partial charge in [0.1, 0.15) is 23.1 Å². The molecule has 0 N–H and O–H groups in total. The average Bonchev–Trinajstić information content (AvgIpc) is 3.16. The molecular weight excluding hydrogens is 379 g/mol. The van der Waals surface area contributed by atoms with Gasteiger partial charge in [-0.05, 0) is 36.7 Å². The third-order valence-corrected chi connectivity index (χ3v) is 5.57. The van der Waals surface area contributed by atoms with Crippen LogP contribution in [-0.2, 0) is 4.84 Å². The summed E-state index contributed by atoms with van der Waals surface area (Å²) in [6, 6.07) is 7.57. The van der Waals surface area contributed by atoms with E-state index in [9.17, 15) is 0 Å². The van der Waals surface area contributed by atoms with Crippen LogP contribution in [0.15, 0.2) is 34.8 Å². The third kappa shape index (κ3) is 5.11. The van der Waals surface area contributed by atoms with Crippen molar-refractivity contribution < 1.29 is 9.57 Å². The third-order valence-electron chi connectivity index (χ3n) is 3.83. The zero-order valence-electron chi connectivity index (χ0n) is 14.6. The standard InChI is InChI=1S/C18H22Cl2N2O2S/c1-4-22(5-2)10-11-24-21-18(15-7-6-12-25-15)13-8-9-14(23-3)17(20)16(13)19/h6-9,12H,4-5,10-11H2,1-3H3. The molecule has 7 heteroatoms. The van der Waals surface area contributed by atoms with E-state index >= 15 is 0 Å². The Morgan fingerprint density at radius 2 is 1.92 bits per heavy atom. The Morgan fingerprint density at radius 1 is 1.16 bits per heavy atom. The lowest BCUT2D eigenvalue weighted by molar-refractivity contribution is 0.114. The molecule has 1 aromatic heterocycles. The van der Waals surface area contributed by atoms with Crippen LogP contribution in [-0.4, -0.2) is 44.0 Å². The highest BCUT2D eigenvalue weighted by molar-refractivity contribution is 7.12. The van der Waals surface area contributed by atoms with Crippen molar-refractivity contribution in [2.45, 2.75) is 13.8 Å². The van der Waals surface area contributed by atoms with Gasteiger partial charge in [-0.1, -0.05) is 48.3 Å². The van der Waals surface area contributed by atoms with Gasteiger partial charge >= 0.3 is 0 Å². The molecule has 4 nitrogen and oxygen atoms in total. The Bertz CT molecular complexity index is 701. The molecule has 0 spiro atoms. The minimum atomic E-state index is 0.370. The maximum atomic E-state index is 6.45. The van der Waals surface area contributed by atoms with Crippen molar-refractivity contribution in [3.8, 4) is 5.75 Å². The first-order valence-corrected chi connectivity index (χ1v) is 9.74. The maximum Gasteiger partial charge on any atom is 0.139 e. The molecule has 0 unspecified atom stereocenters. The molecule has 2 rings (SSSR count). The van der Waals surface area contributed by atoms with E-state index in [1.165, 1.54) is 0 Å². The second kappa shape index (κ2) is 10.0. The van der Waals surface area contributed by atoms with E-state index in [-0.39, 0.29) is 0 Å². The van der Waals surface area contributed by atoms with Gasteiger partial charge in [0.15, 0.2) is 0 Å². The van der Waals surface area contributed by atoms with Crippen LogP contribution in [0.2, 0.25) is 10.0 Å². The molecule has 1 heterocycles. The number of methoxy groups -OCH3 is 1. The summed E-state index contributed by atoms with van der Waals surface area (Å²) in [5, 5.41) is 7.11. The van der Waals surface area contributed by atoms with Gasteiger partial charge in [-0.15, -0.1) is 11.3 Å². The molecule has 0 amide bonds. The van der Waals surface area contributed by atoms with E-state index in [4.69, 9.17) is 32.8 Å². The molecule has 0 fully saturated rings. The van der Waals surface area contributed by atoms with Crippen LogP contribution in [0.3, 0.4) is 0 Å². The topological polar surface area (TPSA) is 34.1 Å². The zero-order valence-corrected chi connectivity index (χ0v) is 16.9. The van der Waals surface area contributed by atoms with Crippen molar-refractivity contribution in [1.29, 1.82) is 0 Å². The van der Waals surface area contributed by atoms with Gasteiger partial charge in [0.2, 0.25) is 0 Å². The Hall–Kier alpha value is -1.27. The summed E-state index contributed by atoms with van der Waals surface area (Å²) in [6.07, 6.45) is 0. The zero-order chi connectivity index (χ0) is 18.2. The predicted octanol–water partition coefficient (Wildman–Crippen LogP) is 5.17. The molecule has 0 aliphatic heterocycles. The Morgan fingerprint density at radius 3 is 2.52 bits per heavy atom. The van der Waals surface area contributed by atoms with E-state index in [1.54, 1.807) is 24.5 Å². The molecule has 0 bridgehead atoms. The van der Waals surface area contributed by atoms with Crippen molar-refractivity contribution in [3.63, 3.8) is 0 Å². The van der Waals surface area contributed by atoms with E-state index in [2.05, 4.69) is 23.9 Å². The van der Waals surface area contributed by atoms with Crippen molar-refractivity contribution >= 4 is 40.3 Å². The summed E-state index contributed by atoms with van der Waals surface area (Å²) in [6.45, 7) is 7.57. The molecule has 0 aliphatic carbocycles. The molecular formula is C18H22Cl2N2O2S. The molecule has 2 aromatic rings. The van der Waals surface area contributed by atoms with Gasteiger partial charge in [0.05, 0.1) is 17.0 Å². The Kier molecular flexibility index (Phi) is 8.03. The lowest BCUT2D eigenvalue weighted by Crippen LogP contribution is -2.26. The molecule has 0 saturated heterocycles. The molecule has 25 heavy (non-hydrogen) atoms. The summed E-state index contributed by atoms with van der Waals surface area (Å²) in [5.41, 5.74) is 1.39. The highest BCUT2D eigenvalue weighted by Gasteiger charge is 2.18. The molecule has 0 atom stereocenters. The van der Waals surface area contributed by atoms with Crippen molar-refractivity contribution in [3.05, 3.63) is 50.1 Å². The largest absolute Gasteiger partial charge is 0.495 e. The fourth-order valence-corrected chi connectivity index (χ4v) is 3.54. The fourth-order valence-electron chi connectivity index (χ4n) is 2.33. The fraction of sp³-hybridized carbons (Fsp3) is 0.389. The van der Waals surface area contributed by atoms with Crippen LogP contribution in [0.5, 0.6) is 5.75 Å². The minimum absolute atomic E-state index is 0.370. The molecule has 0 saturated carbocycles. The van der Waals surface area contributed by atoms with Gasteiger partial charge in [0, 0.05) is 12.1 Å². The smallest absolute Gasteiger partial charge is 0.139 e. The highest BCUT2D eigenvalue weighted by Crippen LogP contribution is 2.36. The van der Waals surface area contributed by atoms with Gasteiger partial charge < -0.3 is 14.5 Å². The number of halogens is 2. The summed E-state index contributed by atoms with van der Waals surface area (Å²) in [7, 11) is 1.56. The van der Waals surface area contributed by atoms with E-state index in [0.717, 1.165) is 30.1 Å². The summed E-state index contributed by atoms with van der Waals surface area (Å²) in [4.78, 5) is 8.82. The summed E-state index contributed by atoms with van der Waals surface area (Å²) in [5.74, 6) is 0.531. The Balaban J connectivity index is 2.26. The van der Waals surface area contributed by atoms with Gasteiger partial charge in [0.25, 0.3) is 0 Å². The average molecular weight is 401 g/mol. The van der Waals surface area contributed by atoms with Crippen LogP contribution in [0.1, 0.15) is 24.3 Å². The lowest BCUT2D eigenvalue weighted by atomic mass is 10.1. The van der Waals surface area contributed by atoms with Gasteiger partial charge in [-0.3, -0.25) is 0 Å². The van der Waals surface area contributed by atoms with E-state index < -0.39 is 0 Å². The second-order valence-electron chi connectivity index (χ2n) is 5.22. The SMILES string of the molecule is CCN(CC)CCON=C(c1cccs1)c1ccc(OC)c(Cl)c1Cl. The maximum absolute atomic E-state index is 6.45. The van der Waals surface area contributed by atoms with Crippen LogP contribution >= 0.6 is 34.5 Å². The number of benzene rings is 1. The van der Waals surface area contributed by atoms with E-state index in [1.807, 2.05) is 23.6 Å². The number of nitrogens with zero attached hydrogens (tertiary/aromatic N) is 2.